The number of benzene rings is 1. The van der Waals surface area contributed by atoms with Gasteiger partial charge in [-0.15, -0.1) is 0 Å². The molecule has 1 atom stereocenters. The van der Waals surface area contributed by atoms with E-state index in [1.165, 1.54) is 0 Å². The minimum absolute atomic E-state index is 0.111. The van der Waals surface area contributed by atoms with Crippen molar-refractivity contribution in [1.29, 1.82) is 0 Å². The first-order chi connectivity index (χ1) is 7.70. The van der Waals surface area contributed by atoms with E-state index >= 15 is 0 Å². The monoisotopic (exact) mass is 242 g/mol. The minimum atomic E-state index is -1.85. The Kier molecular flexibility index (Phi) is 3.70. The van der Waals surface area contributed by atoms with Crippen molar-refractivity contribution in [3.63, 3.8) is 0 Å². The van der Waals surface area contributed by atoms with E-state index in [0.29, 0.717) is 19.8 Å². The van der Waals surface area contributed by atoms with Crippen molar-refractivity contribution in [3.8, 4) is 0 Å². The van der Waals surface area contributed by atoms with E-state index in [9.17, 15) is 4.21 Å². The van der Waals surface area contributed by atoms with Crippen LogP contribution in [0.25, 0.3) is 0 Å². The summed E-state index contributed by atoms with van der Waals surface area (Å²) in [5.74, 6) is 0.111. The molecule has 5 heteroatoms. The zero-order valence-corrected chi connectivity index (χ0v) is 9.61. The van der Waals surface area contributed by atoms with Crippen LogP contribution in [0.4, 0.5) is 0 Å². The average Bonchev–Trinajstić information content (AvgIpc) is 2.23. The summed E-state index contributed by atoms with van der Waals surface area (Å²) in [4.78, 5) is 0. The van der Waals surface area contributed by atoms with Gasteiger partial charge in [0.15, 0.2) is 11.1 Å². The third-order valence-corrected chi connectivity index (χ3v) is 3.28. The molecule has 1 aromatic carbocycles. The second-order valence-electron chi connectivity index (χ2n) is 3.92. The summed E-state index contributed by atoms with van der Waals surface area (Å²) in [6.45, 7) is 1.24. The van der Waals surface area contributed by atoms with Crippen LogP contribution in [-0.4, -0.2) is 33.3 Å². The summed E-state index contributed by atoms with van der Waals surface area (Å²) in [5, 5.41) is 0. The van der Waals surface area contributed by atoms with Crippen LogP contribution in [-0.2, 0) is 27.2 Å². The van der Waals surface area contributed by atoms with Gasteiger partial charge in [0.25, 0.3) is 0 Å². The first kappa shape index (κ1) is 11.7. The lowest BCUT2D eigenvalue weighted by Crippen LogP contribution is -2.55. The highest BCUT2D eigenvalue weighted by atomic mass is 32.2. The fourth-order valence-electron chi connectivity index (χ4n) is 1.57. The smallest absolute Gasteiger partial charge is 0.155 e. The van der Waals surface area contributed by atoms with Gasteiger partial charge in [-0.1, -0.05) is 30.3 Å². The predicted molar refractivity (Wildman–Crippen MR) is 60.4 cm³/mol. The van der Waals surface area contributed by atoms with Crippen LogP contribution in [0.2, 0.25) is 0 Å². The molecule has 0 saturated carbocycles. The Morgan fingerprint density at radius 3 is 2.56 bits per heavy atom. The van der Waals surface area contributed by atoms with Gasteiger partial charge in [-0.2, -0.15) is 0 Å². The highest BCUT2D eigenvalue weighted by molar-refractivity contribution is 7.79. The molecule has 1 aliphatic rings. The quantitative estimate of drug-likeness (QED) is 0.788. The van der Waals surface area contributed by atoms with Crippen LogP contribution in [0.3, 0.4) is 0 Å². The highest BCUT2D eigenvalue weighted by Gasteiger charge is 2.41. The van der Waals surface area contributed by atoms with Gasteiger partial charge in [-0.25, -0.2) is 4.21 Å². The molecule has 0 radical (unpaired) electrons. The van der Waals surface area contributed by atoms with Crippen molar-refractivity contribution in [2.45, 2.75) is 12.2 Å². The van der Waals surface area contributed by atoms with Crippen LogP contribution < -0.4 is 0 Å². The Balaban J connectivity index is 1.90. The maximum Gasteiger partial charge on any atom is 0.155 e. The van der Waals surface area contributed by atoms with E-state index in [1.807, 2.05) is 30.3 Å². The largest absolute Gasteiger partial charge is 0.375 e. The summed E-state index contributed by atoms with van der Waals surface area (Å²) in [5.41, 5.74) is 0.479. The lowest BCUT2D eigenvalue weighted by Gasteiger charge is -2.40. The topological polar surface area (TPSA) is 55.8 Å². The van der Waals surface area contributed by atoms with Gasteiger partial charge in [-0.05, 0) is 5.56 Å². The molecule has 0 amide bonds. The second-order valence-corrected chi connectivity index (χ2v) is 4.85. The Morgan fingerprint density at radius 1 is 1.38 bits per heavy atom. The van der Waals surface area contributed by atoms with Crippen LogP contribution in [0.1, 0.15) is 5.56 Å². The normalized spacial score (nSPS) is 20.1. The van der Waals surface area contributed by atoms with Crippen LogP contribution in [0.5, 0.6) is 0 Å². The molecular formula is C11H14O4S. The fourth-order valence-corrected chi connectivity index (χ4v) is 2.27. The van der Waals surface area contributed by atoms with Crippen molar-refractivity contribution < 1.29 is 18.2 Å². The van der Waals surface area contributed by atoms with Gasteiger partial charge >= 0.3 is 0 Å². The van der Waals surface area contributed by atoms with Gasteiger partial charge in [0.1, 0.15) is 5.60 Å². The maximum atomic E-state index is 10.8. The van der Waals surface area contributed by atoms with E-state index in [4.69, 9.17) is 14.0 Å². The molecular weight excluding hydrogens is 228 g/mol. The lowest BCUT2D eigenvalue weighted by molar-refractivity contribution is -0.202. The Labute approximate surface area is 96.9 Å². The first-order valence-electron chi connectivity index (χ1n) is 5.03. The molecule has 0 aliphatic carbocycles. The molecule has 0 spiro atoms. The molecule has 88 valence electrons. The summed E-state index contributed by atoms with van der Waals surface area (Å²) >= 11 is -1.85. The molecule has 2 rings (SSSR count). The van der Waals surface area contributed by atoms with Crippen molar-refractivity contribution in [2.75, 3.05) is 19.0 Å². The van der Waals surface area contributed by atoms with E-state index < -0.39 is 16.7 Å². The van der Waals surface area contributed by atoms with E-state index in [1.54, 1.807) is 0 Å². The second kappa shape index (κ2) is 5.05. The molecule has 1 aromatic rings. The van der Waals surface area contributed by atoms with Crippen LogP contribution in [0.15, 0.2) is 30.3 Å². The minimum Gasteiger partial charge on any atom is -0.375 e. The van der Waals surface area contributed by atoms with Gasteiger partial charge < -0.3 is 14.0 Å². The standard InChI is InChI=1S/C11H14O4S/c12-16(13)9-11(7-14-8-11)15-6-10-4-2-1-3-5-10/h1-5H,6-9H2,(H,12,13). The molecule has 1 saturated heterocycles. The van der Waals surface area contributed by atoms with Gasteiger partial charge in [0.05, 0.1) is 25.6 Å². The first-order valence-corrected chi connectivity index (χ1v) is 6.31. The van der Waals surface area contributed by atoms with E-state index in [-0.39, 0.29) is 5.75 Å². The number of ether oxygens (including phenoxy) is 2. The molecule has 1 unspecified atom stereocenters. The van der Waals surface area contributed by atoms with Crippen LogP contribution in [0, 0.1) is 0 Å². The van der Waals surface area contributed by atoms with Crippen LogP contribution >= 0.6 is 0 Å². The number of hydrogen-bond donors (Lipinski definition) is 1. The highest BCUT2D eigenvalue weighted by Crippen LogP contribution is 2.24. The van der Waals surface area contributed by atoms with Crippen molar-refractivity contribution in [1.82, 2.24) is 0 Å². The fraction of sp³-hybridized carbons (Fsp3) is 0.455. The molecule has 0 aromatic heterocycles. The average molecular weight is 242 g/mol. The Bertz CT molecular complexity index is 362. The molecule has 4 nitrogen and oxygen atoms in total. The van der Waals surface area contributed by atoms with Crippen molar-refractivity contribution in [2.24, 2.45) is 0 Å². The summed E-state index contributed by atoms with van der Waals surface area (Å²) < 4.78 is 30.4. The Hall–Kier alpha value is -0.750. The summed E-state index contributed by atoms with van der Waals surface area (Å²) in [6.07, 6.45) is 0. The zero-order valence-electron chi connectivity index (χ0n) is 8.80. The molecule has 1 N–H and O–H groups in total. The van der Waals surface area contributed by atoms with E-state index in [2.05, 4.69) is 0 Å². The molecule has 16 heavy (non-hydrogen) atoms. The molecule has 1 heterocycles. The van der Waals surface area contributed by atoms with Gasteiger partial charge in [0, 0.05) is 0 Å². The maximum absolute atomic E-state index is 10.8. The molecule has 0 bridgehead atoms. The Morgan fingerprint density at radius 2 is 2.06 bits per heavy atom. The predicted octanol–water partition coefficient (Wildman–Crippen LogP) is 1.19. The number of rotatable bonds is 5. The summed E-state index contributed by atoms with van der Waals surface area (Å²) in [6, 6.07) is 9.74. The third-order valence-electron chi connectivity index (χ3n) is 2.50. The summed E-state index contributed by atoms with van der Waals surface area (Å²) in [7, 11) is 0. The van der Waals surface area contributed by atoms with Gasteiger partial charge in [-0.3, -0.25) is 0 Å². The van der Waals surface area contributed by atoms with E-state index in [0.717, 1.165) is 5.56 Å². The SMILES string of the molecule is O=S(O)CC1(OCc2ccccc2)COC1. The zero-order chi connectivity index (χ0) is 11.4. The lowest BCUT2D eigenvalue weighted by atomic mass is 10.1. The third kappa shape index (κ3) is 2.89. The molecule has 1 fully saturated rings. The molecule has 1 aliphatic heterocycles. The van der Waals surface area contributed by atoms with Gasteiger partial charge in [0.2, 0.25) is 0 Å². The van der Waals surface area contributed by atoms with Crippen molar-refractivity contribution in [3.05, 3.63) is 35.9 Å². The number of hydrogen-bond acceptors (Lipinski definition) is 3. The van der Waals surface area contributed by atoms with Crippen molar-refractivity contribution >= 4 is 11.1 Å².